The second-order valence-corrected chi connectivity index (χ2v) is 6.86. The molecule has 0 aliphatic rings. The van der Waals surface area contributed by atoms with E-state index in [2.05, 4.69) is 9.97 Å². The molecule has 3 aromatic heterocycles. The quantitative estimate of drug-likeness (QED) is 0.549. The van der Waals surface area contributed by atoms with Gasteiger partial charge < -0.3 is 10.1 Å². The number of fused-ring (bicyclic) bond motifs is 1. The number of halogens is 1. The van der Waals surface area contributed by atoms with Crippen LogP contribution < -0.4 is 5.56 Å². The van der Waals surface area contributed by atoms with E-state index < -0.39 is 0 Å². The fourth-order valence-electron chi connectivity index (χ4n) is 2.76. The second-order valence-electron chi connectivity index (χ2n) is 5.24. The van der Waals surface area contributed by atoms with Crippen LogP contribution in [0.15, 0.2) is 59.7 Å². The number of pyridine rings is 2. The van der Waals surface area contributed by atoms with Crippen molar-refractivity contribution in [2.75, 3.05) is 0 Å². The van der Waals surface area contributed by atoms with Gasteiger partial charge in [0.2, 0.25) is 0 Å². The summed E-state index contributed by atoms with van der Waals surface area (Å²) in [7, 11) is 0. The van der Waals surface area contributed by atoms with Gasteiger partial charge in [0.25, 0.3) is 5.56 Å². The van der Waals surface area contributed by atoms with E-state index in [0.717, 1.165) is 5.56 Å². The maximum Gasteiger partial charge on any atom is 0.260 e. The Morgan fingerprint density at radius 2 is 1.79 bits per heavy atom. The van der Waals surface area contributed by atoms with Crippen LogP contribution in [-0.2, 0) is 0 Å². The highest BCUT2D eigenvalue weighted by Gasteiger charge is 2.21. The molecule has 0 spiro atoms. The highest BCUT2D eigenvalue weighted by atomic mass is 35.5. The summed E-state index contributed by atoms with van der Waals surface area (Å²) in [6, 6.07) is 12.7. The number of aromatic nitrogens is 2. The molecule has 4 rings (SSSR count). The van der Waals surface area contributed by atoms with Crippen molar-refractivity contribution in [3.05, 3.63) is 69.5 Å². The zero-order valence-electron chi connectivity index (χ0n) is 12.3. The monoisotopic (exact) mass is 354 g/mol. The van der Waals surface area contributed by atoms with Gasteiger partial charge in [-0.25, -0.2) is 0 Å². The number of H-pyrrole nitrogens is 1. The van der Waals surface area contributed by atoms with Crippen molar-refractivity contribution in [1.82, 2.24) is 9.97 Å². The van der Waals surface area contributed by atoms with Gasteiger partial charge in [-0.05, 0) is 11.6 Å². The Morgan fingerprint density at radius 3 is 2.50 bits per heavy atom. The predicted octanol–water partition coefficient (Wildman–Crippen LogP) is 4.68. The number of thiophene rings is 1. The number of nitrogens with zero attached hydrogens (tertiary/aromatic N) is 1. The van der Waals surface area contributed by atoms with Crippen molar-refractivity contribution in [1.29, 1.82) is 0 Å². The molecule has 0 aliphatic heterocycles. The largest absolute Gasteiger partial charge is 0.506 e. The number of hydrogen-bond donors (Lipinski definition) is 2. The van der Waals surface area contributed by atoms with Crippen LogP contribution in [0.4, 0.5) is 0 Å². The number of aromatic hydroxyl groups is 1. The number of aromatic amines is 1. The molecule has 3 heterocycles. The lowest BCUT2D eigenvalue weighted by Crippen LogP contribution is -2.08. The van der Waals surface area contributed by atoms with Crippen LogP contribution in [0.3, 0.4) is 0 Å². The lowest BCUT2D eigenvalue weighted by molar-refractivity contribution is 0.483. The normalized spacial score (nSPS) is 11.0. The van der Waals surface area contributed by atoms with Crippen LogP contribution in [-0.4, -0.2) is 15.1 Å². The molecular formula is C18H11ClN2O2S. The first-order chi connectivity index (χ1) is 11.7. The SMILES string of the molecule is O=c1[nH]c2sc(Cl)c(-c3cccnc3)c2c(O)c1-c1ccccc1. The first kappa shape index (κ1) is 14.9. The minimum Gasteiger partial charge on any atom is -0.506 e. The lowest BCUT2D eigenvalue weighted by atomic mass is 10.0. The maximum absolute atomic E-state index is 12.4. The van der Waals surface area contributed by atoms with Gasteiger partial charge in [-0.1, -0.05) is 48.0 Å². The molecule has 0 unspecified atom stereocenters. The molecule has 4 nitrogen and oxygen atoms in total. The Morgan fingerprint density at radius 1 is 1.04 bits per heavy atom. The summed E-state index contributed by atoms with van der Waals surface area (Å²) in [4.78, 5) is 19.9. The van der Waals surface area contributed by atoms with Gasteiger partial charge in [0.05, 0.1) is 10.9 Å². The van der Waals surface area contributed by atoms with E-state index in [4.69, 9.17) is 11.6 Å². The predicted molar refractivity (Wildman–Crippen MR) is 97.8 cm³/mol. The van der Waals surface area contributed by atoms with Crippen molar-refractivity contribution in [2.24, 2.45) is 0 Å². The average Bonchev–Trinajstić information content (AvgIpc) is 2.92. The highest BCUT2D eigenvalue weighted by Crippen LogP contribution is 2.46. The molecule has 0 radical (unpaired) electrons. The van der Waals surface area contributed by atoms with Gasteiger partial charge in [0, 0.05) is 23.5 Å². The Bertz CT molecular complexity index is 1090. The number of rotatable bonds is 2. The summed E-state index contributed by atoms with van der Waals surface area (Å²) >= 11 is 7.61. The van der Waals surface area contributed by atoms with Crippen LogP contribution in [0.5, 0.6) is 5.75 Å². The molecule has 118 valence electrons. The molecule has 2 N–H and O–H groups in total. The fraction of sp³-hybridized carbons (Fsp3) is 0. The third-order valence-electron chi connectivity index (χ3n) is 3.81. The van der Waals surface area contributed by atoms with Crippen molar-refractivity contribution in [3.63, 3.8) is 0 Å². The van der Waals surface area contributed by atoms with E-state index in [0.29, 0.717) is 25.7 Å². The van der Waals surface area contributed by atoms with Crippen LogP contribution in [0, 0.1) is 0 Å². The zero-order valence-corrected chi connectivity index (χ0v) is 13.9. The van der Waals surface area contributed by atoms with Gasteiger partial charge in [0.15, 0.2) is 0 Å². The summed E-state index contributed by atoms with van der Waals surface area (Å²) < 4.78 is 0.495. The number of benzene rings is 1. The molecule has 0 atom stereocenters. The van der Waals surface area contributed by atoms with Crippen molar-refractivity contribution < 1.29 is 5.11 Å². The molecule has 4 aromatic rings. The Hall–Kier alpha value is -2.63. The van der Waals surface area contributed by atoms with Crippen LogP contribution in [0.1, 0.15) is 0 Å². The van der Waals surface area contributed by atoms with Crippen molar-refractivity contribution >= 4 is 33.2 Å². The Labute approximate surface area is 146 Å². The van der Waals surface area contributed by atoms with E-state index in [-0.39, 0.29) is 16.9 Å². The Kier molecular flexibility index (Phi) is 3.59. The molecule has 1 aromatic carbocycles. The number of hydrogen-bond acceptors (Lipinski definition) is 4. The van der Waals surface area contributed by atoms with Crippen molar-refractivity contribution in [2.45, 2.75) is 0 Å². The minimum atomic E-state index is -0.346. The minimum absolute atomic E-state index is 0.0676. The summed E-state index contributed by atoms with van der Waals surface area (Å²) in [5.41, 5.74) is 2.01. The third-order valence-corrected chi connectivity index (χ3v) is 5.12. The summed E-state index contributed by atoms with van der Waals surface area (Å²) in [6.45, 7) is 0. The molecule has 0 amide bonds. The maximum atomic E-state index is 12.4. The van der Waals surface area contributed by atoms with Gasteiger partial charge in [-0.2, -0.15) is 0 Å². The van der Waals surface area contributed by atoms with Crippen LogP contribution in [0.2, 0.25) is 4.34 Å². The fourth-order valence-corrected chi connectivity index (χ4v) is 4.14. The summed E-state index contributed by atoms with van der Waals surface area (Å²) in [6.07, 6.45) is 3.35. The summed E-state index contributed by atoms with van der Waals surface area (Å²) in [5.74, 6) is -0.0676. The molecule has 0 saturated heterocycles. The first-order valence-corrected chi connectivity index (χ1v) is 8.39. The Balaban J connectivity index is 2.10. The van der Waals surface area contributed by atoms with E-state index in [1.54, 1.807) is 30.6 Å². The average molecular weight is 355 g/mol. The zero-order chi connectivity index (χ0) is 16.7. The lowest BCUT2D eigenvalue weighted by Gasteiger charge is -2.07. The molecular weight excluding hydrogens is 344 g/mol. The molecule has 6 heteroatoms. The second kappa shape index (κ2) is 5.78. The summed E-state index contributed by atoms with van der Waals surface area (Å²) in [5, 5.41) is 11.4. The van der Waals surface area contributed by atoms with E-state index in [9.17, 15) is 9.90 Å². The van der Waals surface area contributed by atoms with Crippen LogP contribution in [0.25, 0.3) is 32.5 Å². The molecule has 0 bridgehead atoms. The highest BCUT2D eigenvalue weighted by molar-refractivity contribution is 7.23. The number of nitrogens with one attached hydrogen (secondary N) is 1. The van der Waals surface area contributed by atoms with Gasteiger partial charge >= 0.3 is 0 Å². The van der Waals surface area contributed by atoms with E-state index in [1.165, 1.54) is 11.3 Å². The first-order valence-electron chi connectivity index (χ1n) is 7.20. The standard InChI is InChI=1S/C18H11ClN2O2S/c19-16-12(11-7-4-8-20-9-11)14-15(22)13(10-5-2-1-3-6-10)17(23)21-18(14)24-16/h1-9H,(H2,21,22,23). The molecule has 24 heavy (non-hydrogen) atoms. The smallest absolute Gasteiger partial charge is 0.260 e. The van der Waals surface area contributed by atoms with Gasteiger partial charge in [-0.15, -0.1) is 11.3 Å². The van der Waals surface area contributed by atoms with Gasteiger partial charge in [0.1, 0.15) is 14.9 Å². The molecule has 0 saturated carbocycles. The molecule has 0 fully saturated rings. The van der Waals surface area contributed by atoms with Crippen molar-refractivity contribution in [3.8, 4) is 28.0 Å². The molecule has 0 aliphatic carbocycles. The van der Waals surface area contributed by atoms with E-state index >= 15 is 0 Å². The third kappa shape index (κ3) is 2.29. The van der Waals surface area contributed by atoms with Gasteiger partial charge in [-0.3, -0.25) is 9.78 Å². The van der Waals surface area contributed by atoms with Crippen LogP contribution >= 0.6 is 22.9 Å². The topological polar surface area (TPSA) is 66.0 Å². The van der Waals surface area contributed by atoms with E-state index in [1.807, 2.05) is 24.3 Å².